The van der Waals surface area contributed by atoms with Crippen LogP contribution in [0.3, 0.4) is 0 Å². The quantitative estimate of drug-likeness (QED) is 0.664. The van der Waals surface area contributed by atoms with E-state index >= 15 is 0 Å². The van der Waals surface area contributed by atoms with Gasteiger partial charge >= 0.3 is 22.6 Å². The number of nitrogens with zero attached hydrogens (tertiary/aromatic N) is 2. The lowest BCUT2D eigenvalue weighted by Crippen LogP contribution is -2.39. The molecule has 0 aliphatic rings. The van der Waals surface area contributed by atoms with Crippen molar-refractivity contribution >= 4 is 27.8 Å². The van der Waals surface area contributed by atoms with E-state index in [9.17, 15) is 39.6 Å². The molecular formula is C15H14F6N4O4S. The standard InChI is InChI=1S/C15H14F6N4O4S/c1-7-9(15(19,20)21)4-8(14(16,17)18)5-10(7)22-13-23-11(6-29-13)12(26)24-30(27,28)25(2)3/h4-6H,1-3H3,(H,22,23)(H,24,26). The summed E-state index contributed by atoms with van der Waals surface area (Å²) in [7, 11) is -1.89. The van der Waals surface area contributed by atoms with Gasteiger partial charge in [0, 0.05) is 19.8 Å². The SMILES string of the molecule is Cc1c(Nc2nc(C(=O)NS(=O)(=O)N(C)C)co2)cc(C(F)(F)F)cc1C(F)(F)F. The zero-order valence-electron chi connectivity index (χ0n) is 15.4. The maximum Gasteiger partial charge on any atom is 0.416 e. The zero-order valence-corrected chi connectivity index (χ0v) is 16.3. The Kier molecular flexibility index (Phi) is 6.09. The number of amides is 1. The van der Waals surface area contributed by atoms with Crippen LogP contribution in [-0.4, -0.2) is 37.7 Å². The third-order valence-electron chi connectivity index (χ3n) is 3.72. The lowest BCUT2D eigenvalue weighted by molar-refractivity contribution is -0.143. The van der Waals surface area contributed by atoms with Gasteiger partial charge in [-0.15, -0.1) is 0 Å². The molecule has 2 aromatic rings. The van der Waals surface area contributed by atoms with Crippen molar-refractivity contribution in [2.24, 2.45) is 0 Å². The molecular weight excluding hydrogens is 446 g/mol. The summed E-state index contributed by atoms with van der Waals surface area (Å²) in [6.07, 6.45) is -9.45. The van der Waals surface area contributed by atoms with Crippen molar-refractivity contribution in [1.29, 1.82) is 0 Å². The van der Waals surface area contributed by atoms with E-state index in [1.165, 1.54) is 0 Å². The van der Waals surface area contributed by atoms with Crippen LogP contribution in [0.5, 0.6) is 0 Å². The van der Waals surface area contributed by atoms with E-state index in [1.54, 1.807) is 4.72 Å². The Morgan fingerprint density at radius 3 is 2.20 bits per heavy atom. The van der Waals surface area contributed by atoms with Gasteiger partial charge in [0.1, 0.15) is 6.26 Å². The van der Waals surface area contributed by atoms with Gasteiger partial charge in [-0.1, -0.05) is 0 Å². The van der Waals surface area contributed by atoms with Crippen LogP contribution in [0.15, 0.2) is 22.8 Å². The Bertz CT molecular complexity index is 1060. The first-order chi connectivity index (χ1) is 13.5. The van der Waals surface area contributed by atoms with E-state index < -0.39 is 62.6 Å². The average molecular weight is 460 g/mol. The van der Waals surface area contributed by atoms with Crippen LogP contribution in [-0.2, 0) is 22.6 Å². The summed E-state index contributed by atoms with van der Waals surface area (Å²) < 4.78 is 109. The maximum atomic E-state index is 13.1. The van der Waals surface area contributed by atoms with Gasteiger partial charge in [-0.3, -0.25) is 4.79 Å². The van der Waals surface area contributed by atoms with Crippen LogP contribution in [0.25, 0.3) is 0 Å². The molecule has 166 valence electrons. The van der Waals surface area contributed by atoms with E-state index in [1.807, 2.05) is 0 Å². The van der Waals surface area contributed by atoms with Crippen molar-refractivity contribution in [3.8, 4) is 0 Å². The number of anilines is 2. The van der Waals surface area contributed by atoms with Gasteiger partial charge < -0.3 is 9.73 Å². The number of rotatable bonds is 5. The summed E-state index contributed by atoms with van der Waals surface area (Å²) in [6.45, 7) is 0.936. The number of alkyl halides is 6. The van der Waals surface area contributed by atoms with Crippen molar-refractivity contribution in [2.75, 3.05) is 19.4 Å². The molecule has 0 saturated carbocycles. The first-order valence-corrected chi connectivity index (χ1v) is 9.22. The van der Waals surface area contributed by atoms with Crippen molar-refractivity contribution in [2.45, 2.75) is 19.3 Å². The molecule has 1 amide bonds. The molecule has 2 rings (SSSR count). The highest BCUT2D eigenvalue weighted by atomic mass is 32.2. The first kappa shape index (κ1) is 23.5. The van der Waals surface area contributed by atoms with Crippen molar-refractivity contribution < 1.29 is 44.0 Å². The molecule has 30 heavy (non-hydrogen) atoms. The van der Waals surface area contributed by atoms with E-state index in [-0.39, 0.29) is 6.07 Å². The minimum absolute atomic E-state index is 0.0267. The molecule has 0 aliphatic carbocycles. The normalized spacial score (nSPS) is 12.9. The van der Waals surface area contributed by atoms with Crippen LogP contribution in [0.1, 0.15) is 27.2 Å². The molecule has 8 nitrogen and oxygen atoms in total. The van der Waals surface area contributed by atoms with Crippen molar-refractivity contribution in [3.63, 3.8) is 0 Å². The highest BCUT2D eigenvalue weighted by Crippen LogP contribution is 2.40. The molecule has 0 aliphatic heterocycles. The topological polar surface area (TPSA) is 105 Å². The van der Waals surface area contributed by atoms with Crippen LogP contribution in [0.4, 0.5) is 38.0 Å². The van der Waals surface area contributed by atoms with Gasteiger partial charge in [-0.25, -0.2) is 4.72 Å². The van der Waals surface area contributed by atoms with Crippen LogP contribution < -0.4 is 10.0 Å². The number of carbonyl (C=O) groups is 1. The van der Waals surface area contributed by atoms with Gasteiger partial charge in [-0.05, 0) is 24.6 Å². The highest BCUT2D eigenvalue weighted by Gasteiger charge is 2.38. The van der Waals surface area contributed by atoms with E-state index in [2.05, 4.69) is 10.3 Å². The predicted molar refractivity (Wildman–Crippen MR) is 91.0 cm³/mol. The second kappa shape index (κ2) is 7.79. The lowest BCUT2D eigenvalue weighted by atomic mass is 10.0. The third kappa shape index (κ3) is 5.21. The highest BCUT2D eigenvalue weighted by molar-refractivity contribution is 7.87. The number of aromatic nitrogens is 1. The summed E-state index contributed by atoms with van der Waals surface area (Å²) in [5.74, 6) is -1.22. The Labute approximate surface area is 166 Å². The Balaban J connectivity index is 2.39. The van der Waals surface area contributed by atoms with Gasteiger partial charge in [-0.2, -0.15) is 44.0 Å². The molecule has 0 bridgehead atoms. The Morgan fingerprint density at radius 2 is 1.70 bits per heavy atom. The number of benzene rings is 1. The minimum atomic E-state index is -5.07. The summed E-state index contributed by atoms with van der Waals surface area (Å²) in [4.78, 5) is 15.4. The van der Waals surface area contributed by atoms with E-state index in [0.29, 0.717) is 16.6 Å². The van der Waals surface area contributed by atoms with Crippen molar-refractivity contribution in [1.82, 2.24) is 14.0 Å². The van der Waals surface area contributed by atoms with Crippen LogP contribution in [0, 0.1) is 6.92 Å². The van der Waals surface area contributed by atoms with E-state index in [4.69, 9.17) is 4.42 Å². The molecule has 1 aromatic heterocycles. The largest absolute Gasteiger partial charge is 0.431 e. The first-order valence-electron chi connectivity index (χ1n) is 7.78. The summed E-state index contributed by atoms with van der Waals surface area (Å²) >= 11 is 0. The van der Waals surface area contributed by atoms with Gasteiger partial charge in [0.05, 0.1) is 11.1 Å². The van der Waals surface area contributed by atoms with E-state index in [0.717, 1.165) is 21.0 Å². The zero-order chi connectivity index (χ0) is 23.1. The van der Waals surface area contributed by atoms with Gasteiger partial charge in [0.15, 0.2) is 5.69 Å². The monoisotopic (exact) mass is 460 g/mol. The fraction of sp³-hybridized carbons (Fsp3) is 0.333. The Morgan fingerprint density at radius 1 is 1.10 bits per heavy atom. The molecule has 0 radical (unpaired) electrons. The molecule has 0 atom stereocenters. The van der Waals surface area contributed by atoms with Crippen LogP contribution >= 0.6 is 0 Å². The molecule has 0 fully saturated rings. The fourth-order valence-corrected chi connectivity index (χ4v) is 2.63. The smallest absolute Gasteiger partial charge is 0.416 e. The number of hydrogen-bond donors (Lipinski definition) is 2. The maximum absolute atomic E-state index is 13.1. The predicted octanol–water partition coefficient (Wildman–Crippen LogP) is 3.30. The average Bonchev–Trinajstić information content (AvgIpc) is 3.02. The number of hydrogen-bond acceptors (Lipinski definition) is 6. The molecule has 1 heterocycles. The minimum Gasteiger partial charge on any atom is -0.431 e. The fourth-order valence-electron chi connectivity index (χ4n) is 2.11. The number of carbonyl (C=O) groups excluding carboxylic acids is 1. The van der Waals surface area contributed by atoms with Gasteiger partial charge in [0.2, 0.25) is 0 Å². The third-order valence-corrected chi connectivity index (χ3v) is 5.13. The molecule has 2 N–H and O–H groups in total. The molecule has 1 aromatic carbocycles. The van der Waals surface area contributed by atoms with Gasteiger partial charge in [0.25, 0.3) is 11.9 Å². The lowest BCUT2D eigenvalue weighted by Gasteiger charge is -2.17. The molecule has 0 saturated heterocycles. The summed E-state index contributed by atoms with van der Waals surface area (Å²) in [6, 6.07) is -0.232. The second-order valence-corrected chi connectivity index (χ2v) is 7.96. The number of halogens is 6. The molecule has 0 unspecified atom stereocenters. The number of oxazole rings is 1. The summed E-state index contributed by atoms with van der Waals surface area (Å²) in [5, 5.41) is 2.14. The summed E-state index contributed by atoms with van der Waals surface area (Å²) in [5.41, 5.74) is -4.86. The molecule has 0 spiro atoms. The Hall–Kier alpha value is -2.81. The van der Waals surface area contributed by atoms with Crippen LogP contribution in [0.2, 0.25) is 0 Å². The number of nitrogens with one attached hydrogen (secondary N) is 2. The second-order valence-electron chi connectivity index (χ2n) is 6.07. The molecule has 15 heteroatoms. The van der Waals surface area contributed by atoms with Crippen molar-refractivity contribution in [3.05, 3.63) is 40.8 Å².